The van der Waals surface area contributed by atoms with Gasteiger partial charge in [0.1, 0.15) is 18.8 Å². The Kier molecular flexibility index (Phi) is 0.911. The Morgan fingerprint density at radius 2 is 1.83 bits per heavy atom. The molecular weight excluding hydrogens is 156 g/mol. The fourth-order valence-electron chi connectivity index (χ4n) is 2.85. The Balaban J connectivity index is 1.71. The van der Waals surface area contributed by atoms with Crippen molar-refractivity contribution in [3.05, 3.63) is 12.5 Å². The van der Waals surface area contributed by atoms with Crippen LogP contribution in [-0.2, 0) is 14.3 Å². The molecule has 3 aliphatic carbocycles. The molecular formula is C9H10O3. The van der Waals surface area contributed by atoms with Crippen molar-refractivity contribution in [2.75, 3.05) is 0 Å². The molecule has 3 fully saturated rings. The summed E-state index contributed by atoms with van der Waals surface area (Å²) in [5, 5.41) is 0. The molecule has 4 aliphatic rings. The monoisotopic (exact) mass is 166 g/mol. The van der Waals surface area contributed by atoms with Gasteiger partial charge in [-0.3, -0.25) is 0 Å². The quantitative estimate of drug-likeness (QED) is 0.578. The molecule has 1 aliphatic heterocycles. The molecule has 2 bridgehead atoms. The van der Waals surface area contributed by atoms with Crippen LogP contribution in [0.2, 0.25) is 0 Å². The third kappa shape index (κ3) is 0.531. The molecule has 64 valence electrons. The zero-order chi connectivity index (χ0) is 8.23. The van der Waals surface area contributed by atoms with Crippen molar-refractivity contribution in [3.8, 4) is 0 Å². The van der Waals surface area contributed by atoms with Crippen LogP contribution in [0, 0.1) is 10.8 Å². The number of ether oxygens (including phenoxy) is 2. The smallest absolute Gasteiger partial charge is 0.245 e. The summed E-state index contributed by atoms with van der Waals surface area (Å²) in [6.45, 7) is 0. The van der Waals surface area contributed by atoms with Crippen molar-refractivity contribution >= 4 is 6.29 Å². The van der Waals surface area contributed by atoms with Gasteiger partial charge in [-0.1, -0.05) is 0 Å². The lowest BCUT2D eigenvalue weighted by Gasteiger charge is -2.68. The highest BCUT2D eigenvalue weighted by atomic mass is 16.7. The van der Waals surface area contributed by atoms with E-state index in [1.807, 2.05) is 0 Å². The molecule has 0 radical (unpaired) electrons. The Bertz CT molecular complexity index is 241. The summed E-state index contributed by atoms with van der Waals surface area (Å²) in [4.78, 5) is 10.6. The predicted octanol–water partition coefficient (Wildman–Crippen LogP) is 1.20. The first-order valence-electron chi connectivity index (χ1n) is 4.21. The van der Waals surface area contributed by atoms with Crippen molar-refractivity contribution in [1.29, 1.82) is 0 Å². The van der Waals surface area contributed by atoms with Gasteiger partial charge in [0, 0.05) is 10.8 Å². The standard InChI is InChI=1S/C9H10O3/c10-6-8-3-9(4-8,5-8)7-11-1-2-12-7/h1-2,6-7H,3-5H2. The van der Waals surface area contributed by atoms with Crippen molar-refractivity contribution in [2.24, 2.45) is 10.8 Å². The molecule has 0 aromatic carbocycles. The van der Waals surface area contributed by atoms with Gasteiger partial charge in [-0.05, 0) is 19.3 Å². The van der Waals surface area contributed by atoms with Gasteiger partial charge in [-0.25, -0.2) is 0 Å². The number of carbonyl (C=O) groups is 1. The van der Waals surface area contributed by atoms with Gasteiger partial charge in [-0.15, -0.1) is 0 Å². The molecule has 3 saturated carbocycles. The van der Waals surface area contributed by atoms with E-state index in [0.29, 0.717) is 0 Å². The van der Waals surface area contributed by atoms with Crippen LogP contribution in [0.1, 0.15) is 19.3 Å². The zero-order valence-corrected chi connectivity index (χ0v) is 6.66. The van der Waals surface area contributed by atoms with E-state index in [4.69, 9.17) is 9.47 Å². The van der Waals surface area contributed by atoms with Gasteiger partial charge in [0.2, 0.25) is 6.29 Å². The summed E-state index contributed by atoms with van der Waals surface area (Å²) in [7, 11) is 0. The fourth-order valence-corrected chi connectivity index (χ4v) is 2.85. The first-order chi connectivity index (χ1) is 5.79. The second-order valence-corrected chi connectivity index (χ2v) is 4.25. The Hall–Kier alpha value is -0.990. The maximum atomic E-state index is 10.6. The Morgan fingerprint density at radius 1 is 1.25 bits per heavy atom. The summed E-state index contributed by atoms with van der Waals surface area (Å²) >= 11 is 0. The second kappa shape index (κ2) is 1.68. The minimum atomic E-state index is -0.112. The lowest BCUT2D eigenvalue weighted by atomic mass is 9.35. The molecule has 1 heterocycles. The fraction of sp³-hybridized carbons (Fsp3) is 0.667. The highest BCUT2D eigenvalue weighted by molar-refractivity contribution is 5.66. The minimum absolute atomic E-state index is 0.00924. The molecule has 12 heavy (non-hydrogen) atoms. The molecule has 0 atom stereocenters. The predicted molar refractivity (Wildman–Crippen MR) is 39.9 cm³/mol. The van der Waals surface area contributed by atoms with Crippen LogP contribution in [0.3, 0.4) is 0 Å². The SMILES string of the molecule is O=CC12CC(C3OC=CO3)(C1)C2. The molecule has 4 rings (SSSR count). The molecule has 0 unspecified atom stereocenters. The van der Waals surface area contributed by atoms with E-state index in [1.165, 1.54) is 0 Å². The number of rotatable bonds is 2. The van der Waals surface area contributed by atoms with Crippen LogP contribution in [0.15, 0.2) is 12.5 Å². The maximum Gasteiger partial charge on any atom is 0.245 e. The van der Waals surface area contributed by atoms with Crippen LogP contribution in [0.5, 0.6) is 0 Å². The van der Waals surface area contributed by atoms with Gasteiger partial charge < -0.3 is 14.3 Å². The van der Waals surface area contributed by atoms with Gasteiger partial charge in [0.25, 0.3) is 0 Å². The lowest BCUT2D eigenvalue weighted by molar-refractivity contribution is -0.282. The highest BCUT2D eigenvalue weighted by Gasteiger charge is 2.73. The van der Waals surface area contributed by atoms with Crippen LogP contribution < -0.4 is 0 Å². The minimum Gasteiger partial charge on any atom is -0.459 e. The van der Waals surface area contributed by atoms with E-state index in [0.717, 1.165) is 25.5 Å². The van der Waals surface area contributed by atoms with Gasteiger partial charge in [0.05, 0.1) is 0 Å². The first kappa shape index (κ1) is 6.52. The van der Waals surface area contributed by atoms with Crippen LogP contribution in [-0.4, -0.2) is 12.6 Å². The number of carbonyl (C=O) groups excluding carboxylic acids is 1. The molecule has 3 nitrogen and oxygen atoms in total. The maximum absolute atomic E-state index is 10.6. The number of aldehydes is 1. The van der Waals surface area contributed by atoms with E-state index in [2.05, 4.69) is 0 Å². The zero-order valence-electron chi connectivity index (χ0n) is 6.66. The Labute approximate surface area is 70.3 Å². The molecule has 0 aromatic heterocycles. The summed E-state index contributed by atoms with van der Waals surface area (Å²) in [5.41, 5.74) is 0.180. The van der Waals surface area contributed by atoms with Crippen molar-refractivity contribution < 1.29 is 14.3 Å². The first-order valence-corrected chi connectivity index (χ1v) is 4.21. The van der Waals surface area contributed by atoms with Crippen LogP contribution in [0.25, 0.3) is 0 Å². The number of hydrogen-bond acceptors (Lipinski definition) is 3. The van der Waals surface area contributed by atoms with E-state index in [9.17, 15) is 4.79 Å². The highest BCUT2D eigenvalue weighted by Crippen LogP contribution is 2.74. The normalized spacial score (nSPS) is 48.7. The third-order valence-corrected chi connectivity index (χ3v) is 3.32. The average molecular weight is 166 g/mol. The van der Waals surface area contributed by atoms with Crippen molar-refractivity contribution in [2.45, 2.75) is 25.6 Å². The summed E-state index contributed by atoms with van der Waals surface area (Å²) in [6.07, 6.45) is 7.01. The lowest BCUT2D eigenvalue weighted by Crippen LogP contribution is -2.67. The number of hydrogen-bond donors (Lipinski definition) is 0. The van der Waals surface area contributed by atoms with Gasteiger partial charge >= 0.3 is 0 Å². The summed E-state index contributed by atoms with van der Waals surface area (Å²) < 4.78 is 10.5. The van der Waals surface area contributed by atoms with Crippen molar-refractivity contribution in [1.82, 2.24) is 0 Å². The second-order valence-electron chi connectivity index (χ2n) is 4.25. The van der Waals surface area contributed by atoms with Crippen LogP contribution >= 0.6 is 0 Å². The molecule has 3 heteroatoms. The van der Waals surface area contributed by atoms with Crippen LogP contribution in [0.4, 0.5) is 0 Å². The molecule has 0 spiro atoms. The topological polar surface area (TPSA) is 35.5 Å². The van der Waals surface area contributed by atoms with E-state index >= 15 is 0 Å². The van der Waals surface area contributed by atoms with E-state index < -0.39 is 0 Å². The van der Waals surface area contributed by atoms with E-state index in [1.54, 1.807) is 12.5 Å². The summed E-state index contributed by atoms with van der Waals surface area (Å²) in [6, 6.07) is 0. The average Bonchev–Trinajstić information content (AvgIpc) is 2.35. The molecule has 0 saturated heterocycles. The van der Waals surface area contributed by atoms with Crippen molar-refractivity contribution in [3.63, 3.8) is 0 Å². The molecule has 0 N–H and O–H groups in total. The van der Waals surface area contributed by atoms with E-state index in [-0.39, 0.29) is 17.1 Å². The molecule has 0 aromatic rings. The Morgan fingerprint density at radius 3 is 2.33 bits per heavy atom. The largest absolute Gasteiger partial charge is 0.459 e. The summed E-state index contributed by atoms with van der Waals surface area (Å²) in [5.74, 6) is 0. The molecule has 0 amide bonds. The third-order valence-electron chi connectivity index (χ3n) is 3.32. The van der Waals surface area contributed by atoms with Gasteiger partial charge in [-0.2, -0.15) is 0 Å². The van der Waals surface area contributed by atoms with Gasteiger partial charge in [0.15, 0.2) is 0 Å².